The maximum absolute atomic E-state index is 11.4. The van der Waals surface area contributed by atoms with Gasteiger partial charge in [0.15, 0.2) is 0 Å². The molecule has 9 heteroatoms. The number of amides is 1. The lowest BCUT2D eigenvalue weighted by molar-refractivity contribution is -0.142. The molecule has 0 fully saturated rings. The molecule has 0 saturated heterocycles. The summed E-state index contributed by atoms with van der Waals surface area (Å²) < 4.78 is 10.4. The summed E-state index contributed by atoms with van der Waals surface area (Å²) in [6, 6.07) is -0.970. The third-order valence-corrected chi connectivity index (χ3v) is 2.80. The first-order valence-corrected chi connectivity index (χ1v) is 7.31. The van der Waals surface area contributed by atoms with Gasteiger partial charge in [0, 0.05) is 13.1 Å². The highest BCUT2D eigenvalue weighted by atomic mass is 16.5. The van der Waals surface area contributed by atoms with Crippen molar-refractivity contribution in [2.75, 3.05) is 46.6 Å². The number of carbonyl (C=O) groups excluding carboxylic acids is 1. The van der Waals surface area contributed by atoms with Crippen molar-refractivity contribution in [3.63, 3.8) is 0 Å². The molecule has 130 valence electrons. The normalized spacial score (nSPS) is 12.1. The van der Waals surface area contributed by atoms with Crippen LogP contribution in [0.1, 0.15) is 19.3 Å². The zero-order valence-electron chi connectivity index (χ0n) is 13.0. The molecule has 0 aliphatic rings. The van der Waals surface area contributed by atoms with Crippen LogP contribution < -0.4 is 16.1 Å². The molecule has 1 unspecified atom stereocenters. The smallest absolute Gasteiger partial charge is 0.323 e. The molecule has 22 heavy (non-hydrogen) atoms. The Balaban J connectivity index is 3.37. The van der Waals surface area contributed by atoms with Crippen LogP contribution in [0.25, 0.3) is 0 Å². The van der Waals surface area contributed by atoms with E-state index in [9.17, 15) is 9.59 Å². The van der Waals surface area contributed by atoms with Crippen molar-refractivity contribution in [3.05, 3.63) is 0 Å². The van der Waals surface area contributed by atoms with Gasteiger partial charge in [-0.15, -0.1) is 0 Å². The molecular formula is C13H27N3O6. The molecule has 0 saturated carbocycles. The Hall–Kier alpha value is -1.26. The second-order valence-corrected chi connectivity index (χ2v) is 4.63. The van der Waals surface area contributed by atoms with E-state index in [0.717, 1.165) is 6.54 Å². The molecule has 0 aliphatic carbocycles. The second-order valence-electron chi connectivity index (χ2n) is 4.63. The Labute approximate surface area is 130 Å². The zero-order valence-corrected chi connectivity index (χ0v) is 13.0. The molecule has 5 N–H and O–H groups in total. The number of ether oxygens (including phenoxy) is 2. The number of unbranched alkanes of at least 4 members (excludes halogenated alkanes) is 1. The van der Waals surface area contributed by atoms with Crippen LogP contribution in [0.2, 0.25) is 0 Å². The number of hydrogen-bond acceptors (Lipinski definition) is 7. The van der Waals surface area contributed by atoms with Gasteiger partial charge in [-0.2, -0.15) is 5.48 Å². The van der Waals surface area contributed by atoms with Gasteiger partial charge in [-0.05, 0) is 26.3 Å². The number of aliphatic carboxylic acids is 1. The molecule has 1 atom stereocenters. The van der Waals surface area contributed by atoms with Crippen LogP contribution in [0.15, 0.2) is 0 Å². The predicted molar refractivity (Wildman–Crippen MR) is 78.8 cm³/mol. The molecular weight excluding hydrogens is 294 g/mol. The molecule has 0 aliphatic heterocycles. The van der Waals surface area contributed by atoms with E-state index in [1.807, 2.05) is 7.05 Å². The first kappa shape index (κ1) is 20.7. The summed E-state index contributed by atoms with van der Waals surface area (Å²) in [6.07, 6.45) is 1.50. The summed E-state index contributed by atoms with van der Waals surface area (Å²) in [5.41, 5.74) is 1.73. The molecule has 0 aromatic heterocycles. The lowest BCUT2D eigenvalue weighted by Gasteiger charge is -2.10. The average Bonchev–Trinajstić information content (AvgIpc) is 2.49. The Morgan fingerprint density at radius 2 is 1.82 bits per heavy atom. The average molecular weight is 321 g/mol. The van der Waals surface area contributed by atoms with Crippen molar-refractivity contribution in [2.24, 2.45) is 0 Å². The molecule has 9 nitrogen and oxygen atoms in total. The molecule has 1 amide bonds. The standard InChI is InChI=1S/C13H27N3O6/c1-14-6-7-21-8-9-22-10-12(17)15-5-3-2-4-11(16-20)13(18)19/h11,14,16,20H,2-10H2,1H3,(H,15,17)(H,18,19). The SMILES string of the molecule is CNCCOCCOCC(=O)NCCCCC(NO)C(=O)O. The first-order chi connectivity index (χ1) is 10.6. The van der Waals surface area contributed by atoms with E-state index in [1.54, 1.807) is 5.48 Å². The summed E-state index contributed by atoms with van der Waals surface area (Å²) in [7, 11) is 1.84. The number of likely N-dealkylation sites (N-methyl/N-ethyl adjacent to an activating group) is 1. The van der Waals surface area contributed by atoms with Crippen LogP contribution in [-0.4, -0.2) is 74.8 Å². The van der Waals surface area contributed by atoms with Gasteiger partial charge in [0.25, 0.3) is 0 Å². The molecule has 0 radical (unpaired) electrons. The van der Waals surface area contributed by atoms with Crippen molar-refractivity contribution >= 4 is 11.9 Å². The molecule has 0 aromatic carbocycles. The number of nitrogens with one attached hydrogen (secondary N) is 3. The van der Waals surface area contributed by atoms with Crippen molar-refractivity contribution in [3.8, 4) is 0 Å². The fourth-order valence-electron chi connectivity index (χ4n) is 1.55. The van der Waals surface area contributed by atoms with Gasteiger partial charge in [-0.1, -0.05) is 0 Å². The van der Waals surface area contributed by atoms with E-state index in [0.29, 0.717) is 45.6 Å². The summed E-state index contributed by atoms with van der Waals surface area (Å²) in [5, 5.41) is 22.9. The zero-order chi connectivity index (χ0) is 16.6. The number of rotatable bonds is 15. The van der Waals surface area contributed by atoms with Crippen LogP contribution in [0.5, 0.6) is 0 Å². The Morgan fingerprint density at radius 3 is 2.45 bits per heavy atom. The number of hydroxylamine groups is 1. The van der Waals surface area contributed by atoms with E-state index in [4.69, 9.17) is 19.8 Å². The topological polar surface area (TPSA) is 129 Å². The second kappa shape index (κ2) is 14.7. The third-order valence-electron chi connectivity index (χ3n) is 2.80. The van der Waals surface area contributed by atoms with Gasteiger partial charge in [0.2, 0.25) is 5.91 Å². The van der Waals surface area contributed by atoms with Crippen molar-refractivity contribution in [1.29, 1.82) is 0 Å². The van der Waals surface area contributed by atoms with Gasteiger partial charge in [-0.25, -0.2) is 0 Å². The Kier molecular flexibility index (Phi) is 13.8. The fraction of sp³-hybridized carbons (Fsp3) is 0.846. The molecule has 0 spiro atoms. The van der Waals surface area contributed by atoms with E-state index < -0.39 is 12.0 Å². The maximum atomic E-state index is 11.4. The number of carboxylic acids is 1. The number of hydrogen-bond donors (Lipinski definition) is 5. The van der Waals surface area contributed by atoms with E-state index in [1.165, 1.54) is 0 Å². The largest absolute Gasteiger partial charge is 0.480 e. The van der Waals surface area contributed by atoms with Crippen LogP contribution >= 0.6 is 0 Å². The monoisotopic (exact) mass is 321 g/mol. The minimum atomic E-state index is -1.10. The quantitative estimate of drug-likeness (QED) is 0.191. The van der Waals surface area contributed by atoms with Crippen LogP contribution in [0.4, 0.5) is 0 Å². The van der Waals surface area contributed by atoms with Crippen molar-refractivity contribution in [2.45, 2.75) is 25.3 Å². The van der Waals surface area contributed by atoms with Gasteiger partial charge in [0.05, 0.1) is 19.8 Å². The lowest BCUT2D eigenvalue weighted by Crippen LogP contribution is -2.34. The van der Waals surface area contributed by atoms with E-state index in [2.05, 4.69) is 10.6 Å². The summed E-state index contributed by atoms with van der Waals surface area (Å²) in [5.74, 6) is -1.32. The highest BCUT2D eigenvalue weighted by Crippen LogP contribution is 2.00. The van der Waals surface area contributed by atoms with Gasteiger partial charge in [-0.3, -0.25) is 9.59 Å². The van der Waals surface area contributed by atoms with Gasteiger partial charge in [0.1, 0.15) is 12.6 Å². The lowest BCUT2D eigenvalue weighted by atomic mass is 10.1. The predicted octanol–water partition coefficient (Wildman–Crippen LogP) is -1.04. The van der Waals surface area contributed by atoms with E-state index in [-0.39, 0.29) is 12.5 Å². The highest BCUT2D eigenvalue weighted by molar-refractivity contribution is 5.77. The third kappa shape index (κ3) is 12.5. The number of carbonyl (C=O) groups is 2. The van der Waals surface area contributed by atoms with Crippen LogP contribution in [0, 0.1) is 0 Å². The van der Waals surface area contributed by atoms with Crippen molar-refractivity contribution < 1.29 is 29.4 Å². The fourth-order valence-corrected chi connectivity index (χ4v) is 1.55. The van der Waals surface area contributed by atoms with Crippen molar-refractivity contribution in [1.82, 2.24) is 16.1 Å². The molecule has 0 heterocycles. The maximum Gasteiger partial charge on any atom is 0.323 e. The Bertz CT molecular complexity index is 304. The Morgan fingerprint density at radius 1 is 1.09 bits per heavy atom. The van der Waals surface area contributed by atoms with Crippen LogP contribution in [-0.2, 0) is 19.1 Å². The summed E-state index contributed by atoms with van der Waals surface area (Å²) >= 11 is 0. The summed E-state index contributed by atoms with van der Waals surface area (Å²) in [4.78, 5) is 22.0. The highest BCUT2D eigenvalue weighted by Gasteiger charge is 2.14. The minimum Gasteiger partial charge on any atom is -0.480 e. The van der Waals surface area contributed by atoms with Gasteiger partial charge >= 0.3 is 5.97 Å². The molecule has 0 rings (SSSR count). The van der Waals surface area contributed by atoms with Crippen LogP contribution in [0.3, 0.4) is 0 Å². The van der Waals surface area contributed by atoms with E-state index >= 15 is 0 Å². The molecule has 0 aromatic rings. The van der Waals surface area contributed by atoms with Gasteiger partial charge < -0.3 is 30.4 Å². The molecule has 0 bridgehead atoms. The summed E-state index contributed by atoms with van der Waals surface area (Å²) in [6.45, 7) is 2.60. The first-order valence-electron chi connectivity index (χ1n) is 7.31. The minimum absolute atomic E-state index is 0.0225. The number of carboxylic acid groups (broad SMARTS) is 1.